The van der Waals surface area contributed by atoms with E-state index >= 15 is 0 Å². The summed E-state index contributed by atoms with van der Waals surface area (Å²) in [7, 11) is 1.52. The summed E-state index contributed by atoms with van der Waals surface area (Å²) >= 11 is 0. The highest BCUT2D eigenvalue weighted by atomic mass is 19.4. The predicted molar refractivity (Wildman–Crippen MR) is 105 cm³/mol. The van der Waals surface area contributed by atoms with Gasteiger partial charge in [0.1, 0.15) is 18.1 Å². The number of aryl methyl sites for hydroxylation is 1. The van der Waals surface area contributed by atoms with Crippen molar-refractivity contribution in [2.75, 3.05) is 12.4 Å². The smallest absolute Gasteiger partial charge is 0.418 e. The number of methoxy groups -OCH3 is 1. The number of carbonyl (C=O) groups excluding carboxylic acids is 1. The standard InChI is InChI=1S/C21H18F3N3O3/c1-13-25-18(14-6-5-7-15(10-14)30-2)11-20(29)27(13)12-19(28)26-17-9-4-3-8-16(17)21(22,23)24/h3-11H,12H2,1-2H3,(H,26,28). The summed E-state index contributed by atoms with van der Waals surface area (Å²) in [6.07, 6.45) is -4.61. The van der Waals surface area contributed by atoms with Gasteiger partial charge < -0.3 is 10.1 Å². The number of ether oxygens (including phenoxy) is 1. The Bertz CT molecular complexity index is 1140. The summed E-state index contributed by atoms with van der Waals surface area (Å²) in [5, 5.41) is 2.22. The molecule has 6 nitrogen and oxygen atoms in total. The van der Waals surface area contributed by atoms with Gasteiger partial charge in [-0.3, -0.25) is 14.2 Å². The Labute approximate surface area is 170 Å². The van der Waals surface area contributed by atoms with Crippen LogP contribution < -0.4 is 15.6 Å². The second-order valence-electron chi connectivity index (χ2n) is 6.44. The van der Waals surface area contributed by atoms with E-state index in [0.29, 0.717) is 17.0 Å². The summed E-state index contributed by atoms with van der Waals surface area (Å²) < 4.78 is 45.5. The lowest BCUT2D eigenvalue weighted by atomic mass is 10.1. The van der Waals surface area contributed by atoms with Crippen molar-refractivity contribution >= 4 is 11.6 Å². The lowest BCUT2D eigenvalue weighted by Gasteiger charge is -2.15. The van der Waals surface area contributed by atoms with Crippen LogP contribution in [0.1, 0.15) is 11.4 Å². The number of rotatable bonds is 5. The molecular weight excluding hydrogens is 399 g/mol. The second kappa shape index (κ2) is 8.40. The lowest BCUT2D eigenvalue weighted by molar-refractivity contribution is -0.137. The molecule has 3 rings (SSSR count). The largest absolute Gasteiger partial charge is 0.497 e. The molecule has 0 spiro atoms. The van der Waals surface area contributed by atoms with Crippen LogP contribution in [-0.2, 0) is 17.5 Å². The quantitative estimate of drug-likeness (QED) is 0.684. The van der Waals surface area contributed by atoms with Crippen molar-refractivity contribution in [2.45, 2.75) is 19.6 Å². The highest BCUT2D eigenvalue weighted by Crippen LogP contribution is 2.34. The lowest BCUT2D eigenvalue weighted by Crippen LogP contribution is -2.30. The van der Waals surface area contributed by atoms with Gasteiger partial charge in [-0.1, -0.05) is 24.3 Å². The van der Waals surface area contributed by atoms with Crippen LogP contribution >= 0.6 is 0 Å². The number of para-hydroxylation sites is 1. The Morgan fingerprint density at radius 3 is 2.53 bits per heavy atom. The van der Waals surface area contributed by atoms with E-state index in [1.165, 1.54) is 25.3 Å². The average Bonchev–Trinajstić information content (AvgIpc) is 2.70. The summed E-state index contributed by atoms with van der Waals surface area (Å²) in [6.45, 7) is 1.07. The number of halogens is 3. The number of amides is 1. The summed E-state index contributed by atoms with van der Waals surface area (Å²) in [5.41, 5.74) is -0.782. The van der Waals surface area contributed by atoms with Crippen LogP contribution in [0.25, 0.3) is 11.3 Å². The van der Waals surface area contributed by atoms with E-state index < -0.39 is 29.8 Å². The van der Waals surface area contributed by atoms with E-state index in [-0.39, 0.29) is 11.5 Å². The Balaban J connectivity index is 1.84. The Morgan fingerprint density at radius 2 is 1.87 bits per heavy atom. The molecule has 30 heavy (non-hydrogen) atoms. The van der Waals surface area contributed by atoms with Gasteiger partial charge in [0, 0.05) is 11.6 Å². The fourth-order valence-corrected chi connectivity index (χ4v) is 2.92. The third kappa shape index (κ3) is 4.68. The maximum atomic E-state index is 13.1. The van der Waals surface area contributed by atoms with Crippen LogP contribution in [0, 0.1) is 6.92 Å². The van der Waals surface area contributed by atoms with Crippen LogP contribution in [0.5, 0.6) is 5.75 Å². The molecule has 2 aromatic carbocycles. The van der Waals surface area contributed by atoms with E-state index in [0.717, 1.165) is 16.7 Å². The van der Waals surface area contributed by atoms with Crippen molar-refractivity contribution in [3.63, 3.8) is 0 Å². The predicted octanol–water partition coefficient (Wildman–Crippen LogP) is 3.88. The molecule has 1 aromatic heterocycles. The molecule has 0 fully saturated rings. The van der Waals surface area contributed by atoms with Crippen LogP contribution in [0.15, 0.2) is 59.4 Å². The van der Waals surface area contributed by atoms with Gasteiger partial charge in [-0.15, -0.1) is 0 Å². The van der Waals surface area contributed by atoms with Crippen molar-refractivity contribution in [3.8, 4) is 17.0 Å². The van der Waals surface area contributed by atoms with Gasteiger partial charge in [-0.25, -0.2) is 4.98 Å². The molecule has 0 aliphatic rings. The van der Waals surface area contributed by atoms with Crippen molar-refractivity contribution in [3.05, 3.63) is 76.3 Å². The van der Waals surface area contributed by atoms with Gasteiger partial charge in [0.05, 0.1) is 24.1 Å². The molecule has 0 saturated heterocycles. The minimum atomic E-state index is -4.61. The van der Waals surface area contributed by atoms with Crippen LogP contribution in [-0.4, -0.2) is 22.6 Å². The monoisotopic (exact) mass is 417 g/mol. The maximum absolute atomic E-state index is 13.1. The Kier molecular flexibility index (Phi) is 5.91. The zero-order chi connectivity index (χ0) is 21.9. The molecule has 0 radical (unpaired) electrons. The average molecular weight is 417 g/mol. The van der Waals surface area contributed by atoms with Gasteiger partial charge in [-0.2, -0.15) is 13.2 Å². The van der Waals surface area contributed by atoms with Crippen molar-refractivity contribution in [1.29, 1.82) is 0 Å². The third-order valence-electron chi connectivity index (χ3n) is 4.37. The number of benzene rings is 2. The molecule has 0 saturated carbocycles. The minimum Gasteiger partial charge on any atom is -0.497 e. The molecule has 1 amide bonds. The number of carbonyl (C=O) groups is 1. The highest BCUT2D eigenvalue weighted by Gasteiger charge is 2.33. The number of hydrogen-bond acceptors (Lipinski definition) is 4. The Hall–Kier alpha value is -3.62. The summed E-state index contributed by atoms with van der Waals surface area (Å²) in [4.78, 5) is 29.2. The first-order valence-corrected chi connectivity index (χ1v) is 8.88. The van der Waals surface area contributed by atoms with Crippen molar-refractivity contribution in [2.24, 2.45) is 0 Å². The summed E-state index contributed by atoms with van der Waals surface area (Å²) in [5.74, 6) is 0.0752. The first-order valence-electron chi connectivity index (χ1n) is 8.88. The number of hydrogen-bond donors (Lipinski definition) is 1. The van der Waals surface area contributed by atoms with Gasteiger partial charge >= 0.3 is 6.18 Å². The topological polar surface area (TPSA) is 73.2 Å². The molecule has 0 unspecified atom stereocenters. The third-order valence-corrected chi connectivity index (χ3v) is 4.37. The molecule has 9 heteroatoms. The zero-order valence-corrected chi connectivity index (χ0v) is 16.2. The maximum Gasteiger partial charge on any atom is 0.418 e. The van der Waals surface area contributed by atoms with E-state index in [9.17, 15) is 22.8 Å². The SMILES string of the molecule is COc1cccc(-c2cc(=O)n(CC(=O)Nc3ccccc3C(F)(F)F)c(C)n2)c1. The van der Waals surface area contributed by atoms with E-state index in [1.54, 1.807) is 31.2 Å². The normalized spacial score (nSPS) is 11.2. The molecule has 0 atom stereocenters. The fraction of sp³-hybridized carbons (Fsp3) is 0.190. The van der Waals surface area contributed by atoms with Gasteiger partial charge in [0.15, 0.2) is 0 Å². The zero-order valence-electron chi connectivity index (χ0n) is 16.2. The van der Waals surface area contributed by atoms with Crippen molar-refractivity contribution in [1.82, 2.24) is 9.55 Å². The first-order chi connectivity index (χ1) is 14.2. The summed E-state index contributed by atoms with van der Waals surface area (Å²) in [6, 6.07) is 12.9. The molecule has 0 aliphatic carbocycles. The molecule has 1 N–H and O–H groups in total. The molecule has 3 aromatic rings. The molecule has 0 aliphatic heterocycles. The number of aromatic nitrogens is 2. The number of anilines is 1. The van der Waals surface area contributed by atoms with Gasteiger partial charge in [0.25, 0.3) is 5.56 Å². The number of nitrogens with zero attached hydrogens (tertiary/aromatic N) is 2. The Morgan fingerprint density at radius 1 is 1.13 bits per heavy atom. The van der Waals surface area contributed by atoms with Crippen LogP contribution in [0.3, 0.4) is 0 Å². The fourth-order valence-electron chi connectivity index (χ4n) is 2.92. The molecule has 0 bridgehead atoms. The van der Waals surface area contributed by atoms with Crippen molar-refractivity contribution < 1.29 is 22.7 Å². The van der Waals surface area contributed by atoms with Gasteiger partial charge in [-0.05, 0) is 31.2 Å². The molecule has 156 valence electrons. The molecular formula is C21H18F3N3O3. The molecule has 1 heterocycles. The van der Waals surface area contributed by atoms with E-state index in [2.05, 4.69) is 10.3 Å². The van der Waals surface area contributed by atoms with Crippen LogP contribution in [0.4, 0.5) is 18.9 Å². The first kappa shape index (κ1) is 21.1. The van der Waals surface area contributed by atoms with E-state index in [4.69, 9.17) is 4.74 Å². The number of alkyl halides is 3. The second-order valence-corrected chi connectivity index (χ2v) is 6.44. The minimum absolute atomic E-state index is 0.250. The van der Waals surface area contributed by atoms with Gasteiger partial charge in [0.2, 0.25) is 5.91 Å². The van der Waals surface area contributed by atoms with E-state index in [1.807, 2.05) is 0 Å². The highest BCUT2D eigenvalue weighted by molar-refractivity contribution is 5.91. The number of nitrogens with one attached hydrogen (secondary N) is 1. The van der Waals surface area contributed by atoms with Crippen LogP contribution in [0.2, 0.25) is 0 Å².